The SMILES string of the molecule is O=C(O)C(NC1CCCCC1)c1cccc(C(F)F)c1. The molecule has 0 heterocycles. The summed E-state index contributed by atoms with van der Waals surface area (Å²) in [6, 6.07) is 4.89. The maximum absolute atomic E-state index is 12.7. The van der Waals surface area contributed by atoms with Crippen LogP contribution < -0.4 is 5.32 Å². The van der Waals surface area contributed by atoms with Crippen molar-refractivity contribution >= 4 is 5.97 Å². The molecule has 1 aromatic carbocycles. The number of alkyl halides is 2. The summed E-state index contributed by atoms with van der Waals surface area (Å²) in [4.78, 5) is 11.4. The molecule has 1 saturated carbocycles. The fraction of sp³-hybridized carbons (Fsp3) is 0.533. The van der Waals surface area contributed by atoms with Gasteiger partial charge in [0.25, 0.3) is 6.43 Å². The van der Waals surface area contributed by atoms with Crippen LogP contribution in [-0.4, -0.2) is 17.1 Å². The topological polar surface area (TPSA) is 49.3 Å². The molecular weight excluding hydrogens is 264 g/mol. The Bertz CT molecular complexity index is 459. The number of hydrogen-bond donors (Lipinski definition) is 2. The van der Waals surface area contributed by atoms with Gasteiger partial charge in [0.05, 0.1) is 0 Å². The molecule has 1 atom stereocenters. The average Bonchev–Trinajstić information content (AvgIpc) is 2.45. The van der Waals surface area contributed by atoms with Crippen molar-refractivity contribution in [3.8, 4) is 0 Å². The van der Waals surface area contributed by atoms with Crippen LogP contribution in [0, 0.1) is 0 Å². The number of nitrogens with one attached hydrogen (secondary N) is 1. The second kappa shape index (κ2) is 6.79. The molecule has 1 unspecified atom stereocenters. The molecule has 0 spiro atoms. The third-order valence-corrected chi connectivity index (χ3v) is 3.75. The van der Waals surface area contributed by atoms with Crippen LogP contribution in [0.3, 0.4) is 0 Å². The van der Waals surface area contributed by atoms with Crippen LogP contribution in [0.2, 0.25) is 0 Å². The molecule has 20 heavy (non-hydrogen) atoms. The fourth-order valence-electron chi connectivity index (χ4n) is 2.69. The van der Waals surface area contributed by atoms with E-state index < -0.39 is 18.4 Å². The Labute approximate surface area is 117 Å². The molecule has 110 valence electrons. The number of rotatable bonds is 5. The summed E-state index contributed by atoms with van der Waals surface area (Å²) < 4.78 is 25.4. The second-order valence-corrected chi connectivity index (χ2v) is 5.24. The molecule has 0 radical (unpaired) electrons. The highest BCUT2D eigenvalue weighted by Gasteiger charge is 2.25. The van der Waals surface area contributed by atoms with Gasteiger partial charge in [-0.2, -0.15) is 0 Å². The molecular formula is C15H19F2NO2. The first kappa shape index (κ1) is 14.9. The van der Waals surface area contributed by atoms with Gasteiger partial charge in [-0.15, -0.1) is 0 Å². The van der Waals surface area contributed by atoms with Crippen LogP contribution in [0.5, 0.6) is 0 Å². The Balaban J connectivity index is 2.15. The molecule has 1 aliphatic carbocycles. The van der Waals surface area contributed by atoms with Gasteiger partial charge < -0.3 is 5.11 Å². The lowest BCUT2D eigenvalue weighted by Crippen LogP contribution is -2.38. The lowest BCUT2D eigenvalue weighted by molar-refractivity contribution is -0.140. The van der Waals surface area contributed by atoms with E-state index in [-0.39, 0.29) is 11.6 Å². The van der Waals surface area contributed by atoms with Crippen LogP contribution >= 0.6 is 0 Å². The van der Waals surface area contributed by atoms with Crippen molar-refractivity contribution < 1.29 is 18.7 Å². The van der Waals surface area contributed by atoms with Crippen molar-refractivity contribution in [2.45, 2.75) is 50.6 Å². The van der Waals surface area contributed by atoms with Gasteiger partial charge in [-0.05, 0) is 24.5 Å². The zero-order valence-electron chi connectivity index (χ0n) is 11.2. The molecule has 3 nitrogen and oxygen atoms in total. The average molecular weight is 283 g/mol. The molecule has 0 amide bonds. The molecule has 2 N–H and O–H groups in total. The lowest BCUT2D eigenvalue weighted by Gasteiger charge is -2.26. The number of carbonyl (C=O) groups is 1. The maximum atomic E-state index is 12.7. The van der Waals surface area contributed by atoms with Gasteiger partial charge in [0.2, 0.25) is 0 Å². The van der Waals surface area contributed by atoms with E-state index in [1.165, 1.54) is 24.6 Å². The second-order valence-electron chi connectivity index (χ2n) is 5.24. The summed E-state index contributed by atoms with van der Waals surface area (Å²) in [5.74, 6) is -1.03. The molecule has 2 rings (SSSR count). The van der Waals surface area contributed by atoms with Gasteiger partial charge in [-0.1, -0.05) is 37.5 Å². The van der Waals surface area contributed by atoms with Crippen molar-refractivity contribution in [2.75, 3.05) is 0 Å². The van der Waals surface area contributed by atoms with Crippen LogP contribution in [-0.2, 0) is 4.79 Å². The summed E-state index contributed by atoms with van der Waals surface area (Å²) in [5.41, 5.74) is 0.250. The van der Waals surface area contributed by atoms with Gasteiger partial charge in [-0.3, -0.25) is 10.1 Å². The van der Waals surface area contributed by atoms with Crippen molar-refractivity contribution in [1.29, 1.82) is 0 Å². The van der Waals surface area contributed by atoms with Gasteiger partial charge >= 0.3 is 5.97 Å². The smallest absolute Gasteiger partial charge is 0.325 e. The first-order valence-corrected chi connectivity index (χ1v) is 6.95. The fourth-order valence-corrected chi connectivity index (χ4v) is 2.69. The molecule has 1 fully saturated rings. The van der Waals surface area contributed by atoms with Crippen LogP contribution in [0.15, 0.2) is 24.3 Å². The third kappa shape index (κ3) is 3.76. The number of carboxylic acids is 1. The van der Waals surface area contributed by atoms with Gasteiger partial charge in [-0.25, -0.2) is 8.78 Å². The van der Waals surface area contributed by atoms with Crippen LogP contribution in [0.25, 0.3) is 0 Å². The summed E-state index contributed by atoms with van der Waals surface area (Å²) in [6.45, 7) is 0. The predicted octanol–water partition coefficient (Wildman–Crippen LogP) is 3.67. The maximum Gasteiger partial charge on any atom is 0.325 e. The summed E-state index contributed by atoms with van der Waals surface area (Å²) >= 11 is 0. The van der Waals surface area contributed by atoms with Gasteiger partial charge in [0, 0.05) is 11.6 Å². The first-order valence-electron chi connectivity index (χ1n) is 6.95. The highest BCUT2D eigenvalue weighted by molar-refractivity contribution is 5.75. The largest absolute Gasteiger partial charge is 0.480 e. The highest BCUT2D eigenvalue weighted by Crippen LogP contribution is 2.25. The van der Waals surface area contributed by atoms with E-state index in [4.69, 9.17) is 0 Å². The van der Waals surface area contributed by atoms with E-state index in [1.54, 1.807) is 6.07 Å². The number of hydrogen-bond acceptors (Lipinski definition) is 2. The molecule has 5 heteroatoms. The number of benzene rings is 1. The monoisotopic (exact) mass is 283 g/mol. The first-order chi connectivity index (χ1) is 9.58. The summed E-state index contributed by atoms with van der Waals surface area (Å²) in [5, 5.41) is 12.4. The predicted molar refractivity (Wildman–Crippen MR) is 71.8 cm³/mol. The quantitative estimate of drug-likeness (QED) is 0.866. The highest BCUT2D eigenvalue weighted by atomic mass is 19.3. The standard InChI is InChI=1S/C15H19F2NO2/c16-14(17)11-6-4-5-10(9-11)13(15(19)20)18-12-7-2-1-3-8-12/h4-6,9,12-14,18H,1-3,7-8H2,(H,19,20). The third-order valence-electron chi connectivity index (χ3n) is 3.75. The summed E-state index contributed by atoms with van der Waals surface area (Å²) in [6.07, 6.45) is 2.65. The minimum atomic E-state index is -2.58. The molecule has 1 aliphatic rings. The normalized spacial score (nSPS) is 18.1. The van der Waals surface area contributed by atoms with Gasteiger partial charge in [0.1, 0.15) is 6.04 Å². The Morgan fingerprint density at radius 2 is 1.85 bits per heavy atom. The number of halogens is 2. The van der Waals surface area contributed by atoms with Crippen molar-refractivity contribution in [1.82, 2.24) is 5.32 Å². The Morgan fingerprint density at radius 3 is 2.45 bits per heavy atom. The summed E-state index contributed by atoms with van der Waals surface area (Å²) in [7, 11) is 0. The van der Waals surface area contributed by atoms with Gasteiger partial charge in [0.15, 0.2) is 0 Å². The van der Waals surface area contributed by atoms with Crippen LogP contribution in [0.1, 0.15) is 55.7 Å². The van der Waals surface area contributed by atoms with E-state index in [0.717, 1.165) is 25.7 Å². The molecule has 0 aromatic heterocycles. The lowest BCUT2D eigenvalue weighted by atomic mass is 9.93. The van der Waals surface area contributed by atoms with Crippen molar-refractivity contribution in [2.24, 2.45) is 0 Å². The zero-order chi connectivity index (χ0) is 14.5. The molecule has 0 aliphatic heterocycles. The number of carboxylic acid groups (broad SMARTS) is 1. The zero-order valence-corrected chi connectivity index (χ0v) is 11.2. The van der Waals surface area contributed by atoms with E-state index in [9.17, 15) is 18.7 Å². The Morgan fingerprint density at radius 1 is 1.20 bits per heavy atom. The van der Waals surface area contributed by atoms with E-state index in [1.807, 2.05) is 0 Å². The minimum Gasteiger partial charge on any atom is -0.480 e. The van der Waals surface area contributed by atoms with Crippen molar-refractivity contribution in [3.05, 3.63) is 35.4 Å². The van der Waals surface area contributed by atoms with E-state index in [0.29, 0.717) is 5.56 Å². The Kier molecular flexibility index (Phi) is 5.06. The molecule has 0 saturated heterocycles. The minimum absolute atomic E-state index is 0.140. The Hall–Kier alpha value is -1.49. The molecule has 1 aromatic rings. The number of aliphatic carboxylic acids is 1. The van der Waals surface area contributed by atoms with Crippen LogP contribution in [0.4, 0.5) is 8.78 Å². The van der Waals surface area contributed by atoms with E-state index >= 15 is 0 Å². The van der Waals surface area contributed by atoms with Crippen molar-refractivity contribution in [3.63, 3.8) is 0 Å². The van der Waals surface area contributed by atoms with E-state index in [2.05, 4.69) is 5.32 Å². The molecule has 0 bridgehead atoms.